The molecule has 0 radical (unpaired) electrons. The van der Waals surface area contributed by atoms with Gasteiger partial charge >= 0.3 is 0 Å². The maximum atomic E-state index is 2.62. The van der Waals surface area contributed by atoms with Crippen molar-refractivity contribution < 1.29 is 0 Å². The van der Waals surface area contributed by atoms with Gasteiger partial charge in [-0.3, -0.25) is 9.13 Å². The third-order valence-electron chi connectivity index (χ3n) is 10.1. The number of rotatable bonds is 1. The summed E-state index contributed by atoms with van der Waals surface area (Å²) < 4.78 is 7.73. The zero-order chi connectivity index (χ0) is 27.1. The van der Waals surface area contributed by atoms with Crippen LogP contribution in [0.25, 0.3) is 66.9 Å². The van der Waals surface area contributed by atoms with Crippen molar-refractivity contribution >= 4 is 72.8 Å². The van der Waals surface area contributed by atoms with E-state index in [1.165, 1.54) is 88.5 Å². The standard InChI is InChI=1S/C38H24BN3/c1-2-12-23(13-3-1)40-32-20-10-6-16-26(32)34-38(40)42-31-19-9-5-15-25(31)28-22-27-24-14-4-8-18-30(24)41-33-21-11-7-17-29(33)39(34)35(36(27)41)37(28)42/h1-7,9-17,19-22H,8,18H2. The molecule has 0 amide bonds. The van der Waals surface area contributed by atoms with E-state index in [9.17, 15) is 0 Å². The Hall–Kier alpha value is -5.22. The lowest BCUT2D eigenvalue weighted by molar-refractivity contribution is 0.890. The fourth-order valence-electron chi connectivity index (χ4n) is 8.60. The molecule has 5 heterocycles. The molecule has 0 atom stereocenters. The van der Waals surface area contributed by atoms with E-state index in [0.717, 1.165) is 12.8 Å². The topological polar surface area (TPSA) is 14.8 Å². The van der Waals surface area contributed by atoms with Crippen molar-refractivity contribution in [3.63, 3.8) is 0 Å². The first-order valence-corrected chi connectivity index (χ1v) is 15.0. The van der Waals surface area contributed by atoms with E-state index in [1.54, 1.807) is 0 Å². The van der Waals surface area contributed by atoms with Gasteiger partial charge in [0.25, 0.3) is 6.71 Å². The number of aromatic nitrogens is 3. The second kappa shape index (κ2) is 7.34. The Morgan fingerprint density at radius 1 is 0.571 bits per heavy atom. The van der Waals surface area contributed by atoms with E-state index in [0.29, 0.717) is 0 Å². The average molecular weight is 533 g/mol. The average Bonchev–Trinajstić information content (AvgIpc) is 3.69. The Kier molecular flexibility index (Phi) is 3.76. The minimum absolute atomic E-state index is 0.141. The molecule has 194 valence electrons. The number of hydrogen-bond acceptors (Lipinski definition) is 0. The van der Waals surface area contributed by atoms with Crippen molar-refractivity contribution in [2.24, 2.45) is 0 Å². The molecule has 42 heavy (non-hydrogen) atoms. The van der Waals surface area contributed by atoms with Crippen molar-refractivity contribution in [1.29, 1.82) is 0 Å². The number of para-hydroxylation sites is 4. The van der Waals surface area contributed by atoms with Gasteiger partial charge in [0.05, 0.1) is 22.1 Å². The predicted molar refractivity (Wildman–Crippen MR) is 176 cm³/mol. The summed E-state index contributed by atoms with van der Waals surface area (Å²) in [6.07, 6.45) is 6.90. The molecule has 0 bridgehead atoms. The van der Waals surface area contributed by atoms with Crippen LogP contribution >= 0.6 is 0 Å². The zero-order valence-corrected chi connectivity index (χ0v) is 22.9. The van der Waals surface area contributed by atoms with E-state index >= 15 is 0 Å². The molecule has 0 unspecified atom stereocenters. The van der Waals surface area contributed by atoms with Crippen molar-refractivity contribution in [2.75, 3.05) is 0 Å². The first-order chi connectivity index (χ1) is 20.9. The van der Waals surface area contributed by atoms with Gasteiger partial charge in [0.15, 0.2) is 0 Å². The number of fused-ring (bicyclic) bond motifs is 14. The van der Waals surface area contributed by atoms with Gasteiger partial charge in [-0.05, 0) is 71.0 Å². The molecule has 8 aromatic rings. The minimum Gasteiger partial charge on any atom is -0.314 e. The first kappa shape index (κ1) is 21.5. The van der Waals surface area contributed by atoms with E-state index in [2.05, 4.69) is 135 Å². The van der Waals surface area contributed by atoms with Crippen LogP contribution in [0, 0.1) is 0 Å². The van der Waals surface area contributed by atoms with Crippen LogP contribution in [0.5, 0.6) is 0 Å². The van der Waals surface area contributed by atoms with Crippen molar-refractivity contribution in [1.82, 2.24) is 13.7 Å². The summed E-state index contributed by atoms with van der Waals surface area (Å²) in [5, 5.41) is 5.39. The Morgan fingerprint density at radius 3 is 2.17 bits per heavy atom. The number of benzene rings is 5. The second-order valence-electron chi connectivity index (χ2n) is 12.0. The van der Waals surface area contributed by atoms with E-state index in [-0.39, 0.29) is 6.71 Å². The lowest BCUT2D eigenvalue weighted by atomic mass is 9.34. The highest BCUT2D eigenvalue weighted by Gasteiger charge is 2.44. The molecule has 0 saturated heterocycles. The summed E-state index contributed by atoms with van der Waals surface area (Å²) in [6, 6.07) is 40.6. The normalized spacial score (nSPS) is 14.3. The highest BCUT2D eigenvalue weighted by molar-refractivity contribution is 7.01. The van der Waals surface area contributed by atoms with Gasteiger partial charge in [0, 0.05) is 38.8 Å². The zero-order valence-electron chi connectivity index (χ0n) is 22.9. The first-order valence-electron chi connectivity index (χ1n) is 15.0. The minimum atomic E-state index is 0.141. The Bertz CT molecular complexity index is 2520. The molecule has 3 aromatic heterocycles. The molecular weight excluding hydrogens is 509 g/mol. The number of nitrogens with zero attached hydrogens (tertiary/aromatic N) is 3. The van der Waals surface area contributed by atoms with Crippen LogP contribution in [0.1, 0.15) is 17.7 Å². The van der Waals surface area contributed by atoms with Gasteiger partial charge in [0.1, 0.15) is 5.82 Å². The van der Waals surface area contributed by atoms with Crippen LogP contribution in [0.2, 0.25) is 0 Å². The summed E-state index contributed by atoms with van der Waals surface area (Å²) in [5.74, 6) is 1.27. The molecule has 5 aromatic carbocycles. The third kappa shape index (κ3) is 2.32. The molecule has 0 saturated carbocycles. The SMILES string of the molecule is C1=Cc2c(n3c4c5c6c(cc24)c2ccccc2n6-c2c(c4ccccc4n2-c2ccccc2)B5c2ccccc2-3)CC1. The van der Waals surface area contributed by atoms with E-state index in [4.69, 9.17) is 0 Å². The predicted octanol–water partition coefficient (Wildman–Crippen LogP) is 6.77. The fourth-order valence-corrected chi connectivity index (χ4v) is 8.60. The molecule has 0 N–H and O–H groups in total. The quantitative estimate of drug-likeness (QED) is 0.207. The van der Waals surface area contributed by atoms with Gasteiger partial charge < -0.3 is 4.57 Å². The van der Waals surface area contributed by atoms with Crippen LogP contribution in [-0.4, -0.2) is 20.4 Å². The molecular formula is C38H24BN3. The monoisotopic (exact) mass is 533 g/mol. The molecule has 1 aliphatic carbocycles. The van der Waals surface area contributed by atoms with Crippen LogP contribution in [-0.2, 0) is 6.42 Å². The third-order valence-corrected chi connectivity index (χ3v) is 10.1. The van der Waals surface area contributed by atoms with Gasteiger partial charge in [-0.1, -0.05) is 84.9 Å². The van der Waals surface area contributed by atoms with Crippen molar-refractivity contribution in [3.05, 3.63) is 127 Å². The van der Waals surface area contributed by atoms with Gasteiger partial charge in [0.2, 0.25) is 0 Å². The fraction of sp³-hybridized carbons (Fsp3) is 0.0526. The summed E-state index contributed by atoms with van der Waals surface area (Å²) >= 11 is 0. The Balaban J connectivity index is 1.48. The van der Waals surface area contributed by atoms with Crippen LogP contribution in [0.15, 0.2) is 115 Å². The molecule has 3 aliphatic rings. The lowest BCUT2D eigenvalue weighted by Crippen LogP contribution is -2.59. The maximum Gasteiger partial charge on any atom is 0.255 e. The molecule has 3 nitrogen and oxygen atoms in total. The summed E-state index contributed by atoms with van der Waals surface area (Å²) in [6.45, 7) is 0.141. The molecule has 0 spiro atoms. The van der Waals surface area contributed by atoms with Gasteiger partial charge in [-0.15, -0.1) is 0 Å². The van der Waals surface area contributed by atoms with Crippen LogP contribution in [0.4, 0.5) is 0 Å². The van der Waals surface area contributed by atoms with Crippen LogP contribution in [0.3, 0.4) is 0 Å². The molecule has 0 fully saturated rings. The molecule has 11 rings (SSSR count). The highest BCUT2D eigenvalue weighted by atomic mass is 15.2. The second-order valence-corrected chi connectivity index (χ2v) is 12.0. The smallest absolute Gasteiger partial charge is 0.255 e. The Morgan fingerprint density at radius 2 is 1.29 bits per heavy atom. The number of hydrogen-bond donors (Lipinski definition) is 0. The van der Waals surface area contributed by atoms with E-state index in [1.807, 2.05) is 0 Å². The highest BCUT2D eigenvalue weighted by Crippen LogP contribution is 2.43. The Labute approximate surface area is 242 Å². The number of allylic oxidation sites excluding steroid dienone is 1. The summed E-state index contributed by atoms with van der Waals surface area (Å²) in [4.78, 5) is 0. The maximum absolute atomic E-state index is 2.62. The summed E-state index contributed by atoms with van der Waals surface area (Å²) in [7, 11) is 0. The molecule has 2 aliphatic heterocycles. The van der Waals surface area contributed by atoms with E-state index < -0.39 is 0 Å². The van der Waals surface area contributed by atoms with Crippen molar-refractivity contribution in [2.45, 2.75) is 12.8 Å². The van der Waals surface area contributed by atoms with Crippen molar-refractivity contribution in [3.8, 4) is 17.2 Å². The summed E-state index contributed by atoms with van der Waals surface area (Å²) in [5.41, 5.74) is 14.9. The van der Waals surface area contributed by atoms with Gasteiger partial charge in [-0.25, -0.2) is 0 Å². The van der Waals surface area contributed by atoms with Gasteiger partial charge in [-0.2, -0.15) is 0 Å². The lowest BCUT2D eigenvalue weighted by Gasteiger charge is -2.32. The van der Waals surface area contributed by atoms with Crippen LogP contribution < -0.4 is 16.4 Å². The molecule has 4 heteroatoms. The largest absolute Gasteiger partial charge is 0.314 e.